The van der Waals surface area contributed by atoms with Gasteiger partial charge >= 0.3 is 0 Å². The zero-order chi connectivity index (χ0) is 20.7. The van der Waals surface area contributed by atoms with Gasteiger partial charge in [-0.15, -0.1) is 24.0 Å². The van der Waals surface area contributed by atoms with Gasteiger partial charge in [0.2, 0.25) is 0 Å². The topological polar surface area (TPSA) is 58.1 Å². The summed E-state index contributed by atoms with van der Waals surface area (Å²) in [6.07, 6.45) is 4.73. The maximum Gasteiger partial charge on any atom is 0.191 e. The van der Waals surface area contributed by atoms with Crippen LogP contribution >= 0.6 is 24.0 Å². The lowest BCUT2D eigenvalue weighted by atomic mass is 9.88. The highest BCUT2D eigenvalue weighted by molar-refractivity contribution is 14.0. The van der Waals surface area contributed by atoms with E-state index < -0.39 is 0 Å². The van der Waals surface area contributed by atoms with Crippen molar-refractivity contribution in [3.63, 3.8) is 0 Å². The van der Waals surface area contributed by atoms with Gasteiger partial charge < -0.3 is 20.1 Å². The lowest BCUT2D eigenvalue weighted by Crippen LogP contribution is -2.54. The smallest absolute Gasteiger partial charge is 0.191 e. The highest BCUT2D eigenvalue weighted by Crippen LogP contribution is 2.32. The molecular formula is C23H39IN4O2. The van der Waals surface area contributed by atoms with Gasteiger partial charge in [0.05, 0.1) is 19.7 Å². The van der Waals surface area contributed by atoms with E-state index in [-0.39, 0.29) is 35.6 Å². The Labute approximate surface area is 199 Å². The Morgan fingerprint density at radius 1 is 1.27 bits per heavy atom. The molecule has 2 N–H and O–H groups in total. The van der Waals surface area contributed by atoms with Crippen LogP contribution in [0.15, 0.2) is 23.2 Å². The Morgan fingerprint density at radius 2 is 1.97 bits per heavy atom. The number of nitrogens with zero attached hydrogens (tertiary/aromatic N) is 2. The molecule has 7 heteroatoms. The van der Waals surface area contributed by atoms with Crippen molar-refractivity contribution in [2.75, 3.05) is 46.5 Å². The van der Waals surface area contributed by atoms with Crippen molar-refractivity contribution in [1.29, 1.82) is 0 Å². The Kier molecular flexibility index (Phi) is 10.2. The molecule has 170 valence electrons. The van der Waals surface area contributed by atoms with Gasteiger partial charge in [-0.3, -0.25) is 9.89 Å². The Balaban J connectivity index is 0.00000320. The van der Waals surface area contributed by atoms with Crippen LogP contribution in [-0.4, -0.2) is 62.9 Å². The summed E-state index contributed by atoms with van der Waals surface area (Å²) in [7, 11) is 1.73. The van der Waals surface area contributed by atoms with E-state index >= 15 is 0 Å². The van der Waals surface area contributed by atoms with E-state index in [1.165, 1.54) is 31.5 Å². The van der Waals surface area contributed by atoms with Gasteiger partial charge in [0.1, 0.15) is 5.75 Å². The van der Waals surface area contributed by atoms with Crippen molar-refractivity contribution in [1.82, 2.24) is 15.5 Å². The molecule has 2 heterocycles. The van der Waals surface area contributed by atoms with E-state index in [0.717, 1.165) is 56.4 Å². The third-order valence-electron chi connectivity index (χ3n) is 6.28. The molecule has 0 radical (unpaired) electrons. The number of methoxy groups -OCH3 is 1. The molecule has 0 aromatic heterocycles. The molecule has 0 saturated carbocycles. The molecule has 6 nitrogen and oxygen atoms in total. The quantitative estimate of drug-likeness (QED) is 0.319. The number of nitrogens with one attached hydrogen (secondary N) is 2. The highest BCUT2D eigenvalue weighted by Gasteiger charge is 2.39. The maximum absolute atomic E-state index is 5.68. The van der Waals surface area contributed by atoms with Crippen molar-refractivity contribution in [3.8, 4) is 5.75 Å². The molecule has 30 heavy (non-hydrogen) atoms. The second kappa shape index (κ2) is 12.1. The molecular weight excluding hydrogens is 491 g/mol. The van der Waals surface area contributed by atoms with Gasteiger partial charge in [-0.2, -0.15) is 0 Å². The van der Waals surface area contributed by atoms with Crippen LogP contribution in [0.3, 0.4) is 0 Å². The first kappa shape index (κ1) is 25.2. The number of hydrogen-bond acceptors (Lipinski definition) is 4. The van der Waals surface area contributed by atoms with E-state index in [1.807, 2.05) is 6.07 Å². The predicted octanol–water partition coefficient (Wildman–Crippen LogP) is 3.88. The first-order chi connectivity index (χ1) is 14.1. The zero-order valence-electron chi connectivity index (χ0n) is 19.0. The minimum atomic E-state index is 0. The van der Waals surface area contributed by atoms with Gasteiger partial charge in [0.15, 0.2) is 5.96 Å². The summed E-state index contributed by atoms with van der Waals surface area (Å²) in [6.45, 7) is 12.1. The number of rotatable bonds is 7. The van der Waals surface area contributed by atoms with Gasteiger partial charge in [-0.05, 0) is 65.6 Å². The normalized spacial score (nSPS) is 20.3. The average molecular weight is 530 g/mol. The summed E-state index contributed by atoms with van der Waals surface area (Å²) in [6, 6.07) is 6.40. The summed E-state index contributed by atoms with van der Waals surface area (Å²) in [4.78, 5) is 7.72. The van der Waals surface area contributed by atoms with Crippen LogP contribution in [0.5, 0.6) is 5.75 Å². The highest BCUT2D eigenvalue weighted by atomic mass is 127. The summed E-state index contributed by atoms with van der Waals surface area (Å²) in [5.41, 5.74) is 2.52. The molecule has 2 fully saturated rings. The second-order valence-electron chi connectivity index (χ2n) is 8.34. The van der Waals surface area contributed by atoms with E-state index in [2.05, 4.69) is 48.4 Å². The number of likely N-dealkylation sites (tertiary alicyclic amines) is 1. The van der Waals surface area contributed by atoms with Crippen LogP contribution in [0.2, 0.25) is 0 Å². The van der Waals surface area contributed by atoms with E-state index in [9.17, 15) is 0 Å². The monoisotopic (exact) mass is 530 g/mol. The molecule has 1 aromatic carbocycles. The van der Waals surface area contributed by atoms with Gasteiger partial charge in [-0.25, -0.2) is 0 Å². The molecule has 0 bridgehead atoms. The number of guanidine groups is 1. The van der Waals surface area contributed by atoms with Crippen molar-refractivity contribution < 1.29 is 9.47 Å². The summed E-state index contributed by atoms with van der Waals surface area (Å²) in [5, 5.41) is 7.02. The van der Waals surface area contributed by atoms with Crippen LogP contribution in [0.25, 0.3) is 0 Å². The number of aliphatic imine (C=N–C) groups is 1. The van der Waals surface area contributed by atoms with Crippen molar-refractivity contribution >= 4 is 29.9 Å². The van der Waals surface area contributed by atoms with Gasteiger partial charge in [0, 0.05) is 30.9 Å². The van der Waals surface area contributed by atoms with Crippen molar-refractivity contribution in [2.45, 2.75) is 58.0 Å². The largest absolute Gasteiger partial charge is 0.496 e. The Hall–Kier alpha value is -1.06. The molecule has 2 aliphatic rings. The molecule has 2 aliphatic heterocycles. The first-order valence-electron chi connectivity index (χ1n) is 11.1. The number of ether oxygens (including phenoxy) is 2. The third kappa shape index (κ3) is 6.23. The number of hydrogen-bond donors (Lipinski definition) is 2. The fourth-order valence-corrected chi connectivity index (χ4v) is 4.54. The van der Waals surface area contributed by atoms with Gasteiger partial charge in [0.25, 0.3) is 0 Å². The third-order valence-corrected chi connectivity index (χ3v) is 6.28. The zero-order valence-corrected chi connectivity index (χ0v) is 21.3. The molecule has 1 unspecified atom stereocenters. The molecule has 2 saturated heterocycles. The van der Waals surface area contributed by atoms with Crippen LogP contribution in [0.1, 0.15) is 56.7 Å². The van der Waals surface area contributed by atoms with Crippen molar-refractivity contribution in [2.24, 2.45) is 4.99 Å². The molecule has 0 spiro atoms. The lowest BCUT2D eigenvalue weighted by Gasteiger charge is -2.43. The lowest BCUT2D eigenvalue weighted by molar-refractivity contribution is -0.0139. The van der Waals surface area contributed by atoms with Crippen LogP contribution in [0.4, 0.5) is 0 Å². The number of halogens is 1. The fraction of sp³-hybridized carbons (Fsp3) is 0.696. The van der Waals surface area contributed by atoms with Crippen LogP contribution in [0, 0.1) is 6.92 Å². The SMILES string of the molecule is CCNC(=NCC1(N2CCCC2)CCOCC1)NC(C)c1cc(C)ccc1OC.I. The molecule has 1 atom stereocenters. The second-order valence-corrected chi connectivity index (χ2v) is 8.34. The Bertz CT molecular complexity index is 686. The molecule has 0 amide bonds. The predicted molar refractivity (Wildman–Crippen MR) is 134 cm³/mol. The van der Waals surface area contributed by atoms with Crippen molar-refractivity contribution in [3.05, 3.63) is 29.3 Å². The molecule has 0 aliphatic carbocycles. The van der Waals surface area contributed by atoms with Crippen LogP contribution < -0.4 is 15.4 Å². The number of benzene rings is 1. The molecule has 1 aromatic rings. The molecule has 3 rings (SSSR count). The first-order valence-corrected chi connectivity index (χ1v) is 11.1. The number of aryl methyl sites for hydroxylation is 1. The minimum absolute atomic E-state index is 0. The van der Waals surface area contributed by atoms with E-state index in [4.69, 9.17) is 14.5 Å². The standard InChI is InChI=1S/C23H38N4O2.HI/c1-5-24-22(26-19(3)20-16-18(2)8-9-21(20)28-4)25-17-23(10-14-29-15-11-23)27-12-6-7-13-27;/h8-9,16,19H,5-7,10-15,17H2,1-4H3,(H2,24,25,26);1H. The average Bonchev–Trinajstić information content (AvgIpc) is 3.28. The summed E-state index contributed by atoms with van der Waals surface area (Å²) in [5.74, 6) is 1.78. The summed E-state index contributed by atoms with van der Waals surface area (Å²) >= 11 is 0. The fourth-order valence-electron chi connectivity index (χ4n) is 4.54. The minimum Gasteiger partial charge on any atom is -0.496 e. The van der Waals surface area contributed by atoms with Crippen LogP contribution in [-0.2, 0) is 4.74 Å². The Morgan fingerprint density at radius 3 is 2.60 bits per heavy atom. The van der Waals surface area contributed by atoms with E-state index in [1.54, 1.807) is 7.11 Å². The van der Waals surface area contributed by atoms with E-state index in [0.29, 0.717) is 0 Å². The maximum atomic E-state index is 5.68. The summed E-state index contributed by atoms with van der Waals surface area (Å²) < 4.78 is 11.3. The van der Waals surface area contributed by atoms with Gasteiger partial charge in [-0.1, -0.05) is 17.7 Å².